The molecule has 1 heterocycles. The third-order valence-electron chi connectivity index (χ3n) is 2.34. The van der Waals surface area contributed by atoms with Crippen molar-refractivity contribution in [3.63, 3.8) is 0 Å². The zero-order valence-corrected chi connectivity index (χ0v) is 10.3. The summed E-state index contributed by atoms with van der Waals surface area (Å²) in [4.78, 5) is 1.34. The van der Waals surface area contributed by atoms with Crippen LogP contribution in [-0.2, 0) is 0 Å². The number of allylic oxidation sites excluding steroid dienone is 4. The van der Waals surface area contributed by atoms with Crippen molar-refractivity contribution in [1.82, 2.24) is 0 Å². The molecule has 1 aromatic rings. The molecule has 0 aliphatic rings. The first kappa shape index (κ1) is 12.0. The third-order valence-corrected chi connectivity index (χ3v) is 3.28. The maximum atomic E-state index is 4.16. The summed E-state index contributed by atoms with van der Waals surface area (Å²) >= 11 is 1.78. The minimum absolute atomic E-state index is 0.321. The molecular weight excluding hydrogens is 200 g/mol. The van der Waals surface area contributed by atoms with Crippen LogP contribution in [0, 0.1) is 0 Å². The third kappa shape index (κ3) is 3.21. The number of hydrogen-bond donors (Lipinski definition) is 0. The molecule has 15 heavy (non-hydrogen) atoms. The highest BCUT2D eigenvalue weighted by Gasteiger charge is 2.15. The van der Waals surface area contributed by atoms with Crippen LogP contribution in [0.5, 0.6) is 0 Å². The normalized spacial score (nSPS) is 12.9. The topological polar surface area (TPSA) is 0 Å². The molecule has 0 bridgehead atoms. The van der Waals surface area contributed by atoms with E-state index in [1.165, 1.54) is 16.0 Å². The van der Waals surface area contributed by atoms with E-state index in [4.69, 9.17) is 0 Å². The van der Waals surface area contributed by atoms with Gasteiger partial charge in [-0.15, -0.1) is 11.3 Å². The molecule has 1 atom stereocenters. The summed E-state index contributed by atoms with van der Waals surface area (Å²) in [7, 11) is 0. The Balaban J connectivity index is 2.84. The molecule has 0 spiro atoms. The first-order chi connectivity index (χ1) is 7.16. The second-order valence-electron chi connectivity index (χ2n) is 3.73. The van der Waals surface area contributed by atoms with Gasteiger partial charge in [0, 0.05) is 10.8 Å². The molecule has 0 nitrogen and oxygen atoms in total. The molecule has 0 radical (unpaired) electrons. The van der Waals surface area contributed by atoms with Gasteiger partial charge in [-0.1, -0.05) is 42.5 Å². The fourth-order valence-electron chi connectivity index (χ4n) is 1.64. The lowest BCUT2D eigenvalue weighted by Gasteiger charge is -2.17. The predicted molar refractivity (Wildman–Crippen MR) is 70.4 cm³/mol. The lowest BCUT2D eigenvalue weighted by atomic mass is 9.90. The van der Waals surface area contributed by atoms with Crippen molar-refractivity contribution in [3.8, 4) is 0 Å². The van der Waals surface area contributed by atoms with E-state index >= 15 is 0 Å². The van der Waals surface area contributed by atoms with Crippen molar-refractivity contribution in [2.75, 3.05) is 0 Å². The van der Waals surface area contributed by atoms with Gasteiger partial charge in [-0.2, -0.15) is 0 Å². The summed E-state index contributed by atoms with van der Waals surface area (Å²) in [5.41, 5.74) is 2.40. The lowest BCUT2D eigenvalue weighted by molar-refractivity contribution is 0.915. The smallest absolute Gasteiger partial charge is 0.0347 e. The molecule has 0 N–H and O–H groups in total. The average Bonchev–Trinajstić information content (AvgIpc) is 2.67. The molecule has 0 aromatic carbocycles. The van der Waals surface area contributed by atoms with Crippen LogP contribution >= 0.6 is 11.3 Å². The van der Waals surface area contributed by atoms with Crippen LogP contribution in [0.15, 0.2) is 54.0 Å². The van der Waals surface area contributed by atoms with Crippen molar-refractivity contribution in [3.05, 3.63) is 58.8 Å². The average molecular weight is 218 g/mol. The van der Waals surface area contributed by atoms with Gasteiger partial charge >= 0.3 is 0 Å². The molecule has 1 rings (SSSR count). The Morgan fingerprint density at radius 3 is 2.73 bits per heavy atom. The van der Waals surface area contributed by atoms with Crippen LogP contribution in [0.2, 0.25) is 0 Å². The molecule has 1 aromatic heterocycles. The fourth-order valence-corrected chi connectivity index (χ4v) is 2.61. The van der Waals surface area contributed by atoms with Crippen molar-refractivity contribution < 1.29 is 0 Å². The summed E-state index contributed by atoms with van der Waals surface area (Å²) < 4.78 is 0. The zero-order chi connectivity index (χ0) is 11.3. The van der Waals surface area contributed by atoms with Gasteiger partial charge in [0.15, 0.2) is 0 Å². The Morgan fingerprint density at radius 1 is 1.53 bits per heavy atom. The highest BCUT2D eigenvalue weighted by Crippen LogP contribution is 2.34. The predicted octanol–water partition coefficient (Wildman–Crippen LogP) is 4.93. The second kappa shape index (κ2) is 5.72. The molecule has 1 heteroatoms. The van der Waals surface area contributed by atoms with Crippen LogP contribution in [0.4, 0.5) is 0 Å². The van der Waals surface area contributed by atoms with Gasteiger partial charge in [0.05, 0.1) is 0 Å². The first-order valence-corrected chi connectivity index (χ1v) is 6.02. The lowest BCUT2D eigenvalue weighted by Crippen LogP contribution is -2.00. The highest BCUT2D eigenvalue weighted by atomic mass is 32.1. The SMILES string of the molecule is C=C(C)C(C(=C)C/C=C\C)c1cccs1. The van der Waals surface area contributed by atoms with Gasteiger partial charge < -0.3 is 0 Å². The van der Waals surface area contributed by atoms with Crippen LogP contribution < -0.4 is 0 Å². The number of thiophene rings is 1. The Hall–Kier alpha value is -1.08. The summed E-state index contributed by atoms with van der Waals surface area (Å²) in [6.07, 6.45) is 5.15. The van der Waals surface area contributed by atoms with Gasteiger partial charge in [0.25, 0.3) is 0 Å². The maximum absolute atomic E-state index is 4.16. The van der Waals surface area contributed by atoms with Crippen molar-refractivity contribution in [2.24, 2.45) is 0 Å². The second-order valence-corrected chi connectivity index (χ2v) is 4.71. The molecule has 0 amide bonds. The van der Waals surface area contributed by atoms with E-state index in [1.807, 2.05) is 6.92 Å². The quantitative estimate of drug-likeness (QED) is 0.615. The first-order valence-electron chi connectivity index (χ1n) is 5.14. The molecule has 0 aliphatic carbocycles. The number of hydrogen-bond acceptors (Lipinski definition) is 1. The van der Waals surface area contributed by atoms with Crippen LogP contribution in [-0.4, -0.2) is 0 Å². The van der Waals surface area contributed by atoms with E-state index < -0.39 is 0 Å². The Kier molecular flexibility index (Phi) is 4.57. The van der Waals surface area contributed by atoms with Gasteiger partial charge in [-0.3, -0.25) is 0 Å². The Morgan fingerprint density at radius 2 is 2.27 bits per heavy atom. The summed E-state index contributed by atoms with van der Waals surface area (Å²) in [6.45, 7) is 12.3. The summed E-state index contributed by atoms with van der Waals surface area (Å²) in [6, 6.07) is 4.24. The van der Waals surface area contributed by atoms with Crippen molar-refractivity contribution >= 4 is 11.3 Å². The molecule has 0 saturated heterocycles. The van der Waals surface area contributed by atoms with E-state index in [9.17, 15) is 0 Å². The summed E-state index contributed by atoms with van der Waals surface area (Å²) in [5, 5.41) is 2.11. The van der Waals surface area contributed by atoms with E-state index in [1.54, 1.807) is 11.3 Å². The van der Waals surface area contributed by atoms with Crippen LogP contribution in [0.3, 0.4) is 0 Å². The van der Waals surface area contributed by atoms with Crippen molar-refractivity contribution in [2.45, 2.75) is 26.2 Å². The minimum atomic E-state index is 0.321. The zero-order valence-electron chi connectivity index (χ0n) is 9.49. The van der Waals surface area contributed by atoms with E-state index in [0.717, 1.165) is 6.42 Å². The molecule has 0 saturated carbocycles. The van der Waals surface area contributed by atoms with Gasteiger partial charge in [-0.25, -0.2) is 0 Å². The highest BCUT2D eigenvalue weighted by molar-refractivity contribution is 7.10. The number of rotatable bonds is 5. The van der Waals surface area contributed by atoms with E-state index in [0.29, 0.717) is 5.92 Å². The van der Waals surface area contributed by atoms with Gasteiger partial charge in [-0.05, 0) is 31.7 Å². The fraction of sp³-hybridized carbons (Fsp3) is 0.286. The molecule has 1 unspecified atom stereocenters. The van der Waals surface area contributed by atoms with E-state index in [-0.39, 0.29) is 0 Å². The van der Waals surface area contributed by atoms with Gasteiger partial charge in [0.2, 0.25) is 0 Å². The maximum Gasteiger partial charge on any atom is 0.0347 e. The molecule has 0 aliphatic heterocycles. The largest absolute Gasteiger partial charge is 0.148 e. The minimum Gasteiger partial charge on any atom is -0.148 e. The standard InChI is InChI=1S/C14H18S/c1-5-6-8-12(4)14(11(2)3)13-9-7-10-15-13/h5-7,9-10,14H,2,4,8H2,1,3H3/b6-5-. The van der Waals surface area contributed by atoms with Crippen LogP contribution in [0.25, 0.3) is 0 Å². The molecule has 0 fully saturated rings. The molecule has 80 valence electrons. The van der Waals surface area contributed by atoms with Crippen molar-refractivity contribution in [1.29, 1.82) is 0 Å². The summed E-state index contributed by atoms with van der Waals surface area (Å²) in [5.74, 6) is 0.321. The monoisotopic (exact) mass is 218 g/mol. The molecular formula is C14H18S. The van der Waals surface area contributed by atoms with E-state index in [2.05, 4.69) is 49.7 Å². The van der Waals surface area contributed by atoms with Gasteiger partial charge in [0.1, 0.15) is 0 Å². The Bertz CT molecular complexity index is 355. The Labute approximate surface area is 96.7 Å². The van der Waals surface area contributed by atoms with Crippen LogP contribution in [0.1, 0.15) is 31.1 Å².